The number of esters is 1. The average molecular weight is 518 g/mol. The second kappa shape index (κ2) is 11.5. The summed E-state index contributed by atoms with van der Waals surface area (Å²) in [5, 5.41) is 5.47. The maximum Gasteiger partial charge on any atom is 0.338 e. The van der Waals surface area contributed by atoms with Crippen LogP contribution in [0.15, 0.2) is 89.6 Å². The fourth-order valence-electron chi connectivity index (χ4n) is 3.58. The molecule has 0 aliphatic carbocycles. The number of benzene rings is 3. The predicted octanol–water partition coefficient (Wildman–Crippen LogP) is 4.94. The predicted molar refractivity (Wildman–Crippen MR) is 140 cm³/mol. The van der Waals surface area contributed by atoms with Crippen LogP contribution in [0.25, 0.3) is 0 Å². The number of carbonyl (C=O) groups excluding carboxylic acids is 4. The molecule has 4 rings (SSSR count). The van der Waals surface area contributed by atoms with Crippen LogP contribution in [0.1, 0.15) is 39.6 Å². The lowest BCUT2D eigenvalue weighted by Gasteiger charge is -2.15. The Labute approximate surface area is 218 Å². The number of nitrogens with one attached hydrogen (secondary N) is 2. The summed E-state index contributed by atoms with van der Waals surface area (Å²) >= 11 is 6.17. The van der Waals surface area contributed by atoms with Gasteiger partial charge in [0.15, 0.2) is 0 Å². The first kappa shape index (κ1) is 25.7. The van der Waals surface area contributed by atoms with Crippen molar-refractivity contribution >= 4 is 46.7 Å². The zero-order valence-corrected chi connectivity index (χ0v) is 20.7. The van der Waals surface area contributed by atoms with E-state index in [2.05, 4.69) is 10.6 Å². The molecule has 0 unspecified atom stereocenters. The van der Waals surface area contributed by atoms with Gasteiger partial charge in [-0.05, 0) is 60.5 Å². The third-order valence-electron chi connectivity index (χ3n) is 5.53. The minimum Gasteiger partial charge on any atom is -0.462 e. The number of hydrogen-bond donors (Lipinski definition) is 2. The number of amides is 3. The molecule has 1 heterocycles. The van der Waals surface area contributed by atoms with Gasteiger partial charge in [-0.3, -0.25) is 19.3 Å². The number of hydrogen-bond acceptors (Lipinski definition) is 6. The molecule has 0 fully saturated rings. The molecule has 188 valence electrons. The van der Waals surface area contributed by atoms with Gasteiger partial charge in [0.2, 0.25) is 0 Å². The highest BCUT2D eigenvalue weighted by Gasteiger charge is 2.37. The summed E-state index contributed by atoms with van der Waals surface area (Å²) in [4.78, 5) is 51.0. The van der Waals surface area contributed by atoms with Crippen LogP contribution in [0.5, 0.6) is 0 Å². The molecule has 9 heteroatoms. The normalized spacial score (nSPS) is 13.1. The quantitative estimate of drug-likeness (QED) is 0.308. The van der Waals surface area contributed by atoms with Crippen molar-refractivity contribution in [3.63, 3.8) is 0 Å². The Morgan fingerprint density at radius 3 is 2.11 bits per heavy atom. The summed E-state index contributed by atoms with van der Waals surface area (Å²) in [6, 6.07) is 21.9. The third kappa shape index (κ3) is 6.05. The molecule has 37 heavy (non-hydrogen) atoms. The second-order valence-corrected chi connectivity index (χ2v) is 8.62. The highest BCUT2D eigenvalue weighted by molar-refractivity contribution is 6.48. The molecule has 3 aromatic carbocycles. The van der Waals surface area contributed by atoms with E-state index in [0.29, 0.717) is 29.1 Å². The highest BCUT2D eigenvalue weighted by Crippen LogP contribution is 2.27. The van der Waals surface area contributed by atoms with Crippen LogP contribution in [-0.2, 0) is 20.9 Å². The van der Waals surface area contributed by atoms with E-state index in [4.69, 9.17) is 16.3 Å². The summed E-state index contributed by atoms with van der Waals surface area (Å²) < 4.78 is 5.09. The van der Waals surface area contributed by atoms with E-state index in [1.807, 2.05) is 37.3 Å². The van der Waals surface area contributed by atoms with Gasteiger partial charge in [0.05, 0.1) is 18.7 Å². The van der Waals surface area contributed by atoms with Crippen LogP contribution in [-0.4, -0.2) is 35.2 Å². The summed E-state index contributed by atoms with van der Waals surface area (Å²) in [7, 11) is 0. The van der Waals surface area contributed by atoms with Crippen molar-refractivity contribution in [3.8, 4) is 0 Å². The summed E-state index contributed by atoms with van der Waals surface area (Å²) in [6.45, 7) is 2.37. The lowest BCUT2D eigenvalue weighted by Crippen LogP contribution is -2.31. The molecule has 0 aromatic heterocycles. The largest absolute Gasteiger partial charge is 0.462 e. The van der Waals surface area contributed by atoms with Gasteiger partial charge in [-0.25, -0.2) is 4.79 Å². The lowest BCUT2D eigenvalue weighted by atomic mass is 10.1. The van der Waals surface area contributed by atoms with E-state index < -0.39 is 17.8 Å². The molecule has 1 aliphatic rings. The van der Waals surface area contributed by atoms with Gasteiger partial charge in [-0.2, -0.15) is 0 Å². The van der Waals surface area contributed by atoms with E-state index in [1.54, 1.807) is 48.5 Å². The van der Waals surface area contributed by atoms with Crippen molar-refractivity contribution in [1.82, 2.24) is 4.90 Å². The molecule has 0 radical (unpaired) electrons. The number of rotatable bonds is 9. The molecular weight excluding hydrogens is 494 g/mol. The molecule has 2 N–H and O–H groups in total. The summed E-state index contributed by atoms with van der Waals surface area (Å²) in [5.41, 5.74) is 2.56. The standard InChI is InChI=1S/C28H24ClN3O5/c1-2-16-37-28(36)20-10-14-22(15-11-20)31-25(33)19-8-12-21(13-9-19)30-24-23(29)26(34)32(27(24)35)17-18-6-4-3-5-7-18/h3-15,30H,2,16-17H2,1H3,(H,31,33). The first-order valence-corrected chi connectivity index (χ1v) is 12.0. The van der Waals surface area contributed by atoms with Gasteiger partial charge >= 0.3 is 5.97 Å². The maximum atomic E-state index is 12.8. The molecule has 0 saturated heterocycles. The van der Waals surface area contributed by atoms with Gasteiger partial charge in [0.25, 0.3) is 17.7 Å². The Kier molecular flexibility index (Phi) is 8.00. The Hall–Kier alpha value is -4.43. The molecule has 1 aliphatic heterocycles. The van der Waals surface area contributed by atoms with E-state index in [9.17, 15) is 19.2 Å². The van der Waals surface area contributed by atoms with Crippen LogP contribution >= 0.6 is 11.6 Å². The van der Waals surface area contributed by atoms with Crippen LogP contribution in [0.3, 0.4) is 0 Å². The van der Waals surface area contributed by atoms with E-state index >= 15 is 0 Å². The molecule has 8 nitrogen and oxygen atoms in total. The Bertz CT molecular complexity index is 1350. The molecule has 0 bridgehead atoms. The summed E-state index contributed by atoms with van der Waals surface area (Å²) in [6.07, 6.45) is 0.736. The van der Waals surface area contributed by atoms with Gasteiger partial charge in [0, 0.05) is 16.9 Å². The first-order chi connectivity index (χ1) is 17.9. The average Bonchev–Trinajstić information content (AvgIpc) is 3.11. The minimum absolute atomic E-state index is 0.0163. The molecule has 0 saturated carbocycles. The molecule has 0 atom stereocenters. The number of nitrogens with zero attached hydrogens (tertiary/aromatic N) is 1. The first-order valence-electron chi connectivity index (χ1n) is 11.6. The second-order valence-electron chi connectivity index (χ2n) is 8.24. The zero-order valence-electron chi connectivity index (χ0n) is 20.0. The molecular formula is C28H24ClN3O5. The number of imide groups is 1. The smallest absolute Gasteiger partial charge is 0.338 e. The monoisotopic (exact) mass is 517 g/mol. The van der Waals surface area contributed by atoms with Gasteiger partial charge in [-0.15, -0.1) is 0 Å². The van der Waals surface area contributed by atoms with Gasteiger partial charge in [0.1, 0.15) is 10.7 Å². The Morgan fingerprint density at radius 2 is 1.46 bits per heavy atom. The van der Waals surface area contributed by atoms with Crippen molar-refractivity contribution in [3.05, 3.63) is 106 Å². The molecule has 0 spiro atoms. The number of halogens is 1. The topological polar surface area (TPSA) is 105 Å². The zero-order chi connectivity index (χ0) is 26.4. The fraction of sp³-hybridized carbons (Fsp3) is 0.143. The highest BCUT2D eigenvalue weighted by atomic mass is 35.5. The number of ether oxygens (including phenoxy) is 1. The fourth-order valence-corrected chi connectivity index (χ4v) is 3.81. The van der Waals surface area contributed by atoms with E-state index in [0.717, 1.165) is 16.9 Å². The Morgan fingerprint density at radius 1 is 0.838 bits per heavy atom. The van der Waals surface area contributed by atoms with Gasteiger partial charge < -0.3 is 15.4 Å². The van der Waals surface area contributed by atoms with Crippen molar-refractivity contribution in [2.24, 2.45) is 0 Å². The third-order valence-corrected chi connectivity index (χ3v) is 5.88. The minimum atomic E-state index is -0.571. The van der Waals surface area contributed by atoms with E-state index in [1.165, 1.54) is 0 Å². The number of carbonyl (C=O) groups is 4. The van der Waals surface area contributed by atoms with Crippen LogP contribution in [0.4, 0.5) is 11.4 Å². The van der Waals surface area contributed by atoms with E-state index in [-0.39, 0.29) is 23.2 Å². The van der Waals surface area contributed by atoms with Crippen LogP contribution in [0.2, 0.25) is 0 Å². The van der Waals surface area contributed by atoms with Crippen molar-refractivity contribution in [1.29, 1.82) is 0 Å². The molecule has 3 amide bonds. The SMILES string of the molecule is CCCOC(=O)c1ccc(NC(=O)c2ccc(NC3=C(Cl)C(=O)N(Cc4ccccc4)C3=O)cc2)cc1. The van der Waals surface area contributed by atoms with Gasteiger partial charge in [-0.1, -0.05) is 48.9 Å². The number of anilines is 2. The van der Waals surface area contributed by atoms with Crippen LogP contribution < -0.4 is 10.6 Å². The van der Waals surface area contributed by atoms with Crippen molar-refractivity contribution in [2.45, 2.75) is 19.9 Å². The lowest BCUT2D eigenvalue weighted by molar-refractivity contribution is -0.138. The van der Waals surface area contributed by atoms with Crippen molar-refractivity contribution < 1.29 is 23.9 Å². The van der Waals surface area contributed by atoms with Crippen LogP contribution in [0, 0.1) is 0 Å². The Balaban J connectivity index is 1.37. The summed E-state index contributed by atoms with van der Waals surface area (Å²) in [5.74, 6) is -1.86. The van der Waals surface area contributed by atoms with Crippen molar-refractivity contribution in [2.75, 3.05) is 17.2 Å². The maximum absolute atomic E-state index is 12.8. The molecule has 3 aromatic rings.